The minimum Gasteiger partial charge on any atom is -0.268 e. The average Bonchev–Trinajstić information content (AvgIpc) is 2.14. The highest BCUT2D eigenvalue weighted by Gasteiger charge is 1.95. The van der Waals surface area contributed by atoms with Crippen LogP contribution < -0.4 is 0 Å². The first-order chi connectivity index (χ1) is 3.84. The summed E-state index contributed by atoms with van der Waals surface area (Å²) in [5.41, 5.74) is 0. The molecule has 1 rings (SSSR count). The highest BCUT2D eigenvalue weighted by Crippen LogP contribution is 2.05. The maximum atomic E-state index is 10.6. The molecule has 8 heavy (non-hydrogen) atoms. The molecule has 0 saturated carbocycles. The molecule has 0 atom stereocenters. The summed E-state index contributed by atoms with van der Waals surface area (Å²) < 4.78 is 1.40. The molecule has 1 heterocycles. The highest BCUT2D eigenvalue weighted by atomic mass is 16.3. The Balaban J connectivity index is 2.92. The van der Waals surface area contributed by atoms with Gasteiger partial charge in [0.2, 0.25) is 0 Å². The summed E-state index contributed by atoms with van der Waals surface area (Å²) in [6, 6.07) is 1.45. The molecule has 0 saturated heterocycles. The van der Waals surface area contributed by atoms with Gasteiger partial charge in [0.05, 0.1) is 6.20 Å². The lowest BCUT2D eigenvalue weighted by Gasteiger charge is -1.90. The van der Waals surface area contributed by atoms with Crippen LogP contribution in [-0.4, -0.2) is 9.78 Å². The summed E-state index contributed by atoms with van der Waals surface area (Å²) in [5, 5.41) is 14.3. The third kappa shape index (κ3) is 0.665. The smallest absolute Gasteiger partial charge is 0.268 e. The monoisotopic (exact) mass is 111 g/mol. The summed E-state index contributed by atoms with van der Waals surface area (Å²) in [6.07, 6.45) is 1.51. The Bertz CT molecular complexity index is 171. The minimum absolute atomic E-state index is 0.0208. The molecule has 0 aliphatic rings. The van der Waals surface area contributed by atoms with Crippen molar-refractivity contribution in [3.63, 3.8) is 0 Å². The summed E-state index contributed by atoms with van der Waals surface area (Å²) >= 11 is 0. The number of aromatic nitrogens is 2. The Kier molecular flexibility index (Phi) is 1.20. The molecule has 0 unspecified atom stereocenters. The van der Waals surface area contributed by atoms with E-state index < -0.39 is 0 Å². The molecule has 0 fully saturated rings. The average molecular weight is 111 g/mol. The van der Waals surface area contributed by atoms with Gasteiger partial charge in [0.15, 0.2) is 0 Å². The Morgan fingerprint density at radius 1 is 1.88 bits per heavy atom. The van der Waals surface area contributed by atoms with Crippen LogP contribution in [0.2, 0.25) is 0 Å². The second-order valence-corrected chi connectivity index (χ2v) is 1.49. The van der Waals surface area contributed by atoms with Crippen molar-refractivity contribution >= 4 is 0 Å². The van der Waals surface area contributed by atoms with Gasteiger partial charge in [0, 0.05) is 12.6 Å². The van der Waals surface area contributed by atoms with Gasteiger partial charge in [-0.1, -0.05) is 0 Å². The number of hydrogen-bond acceptors (Lipinski definition) is 1. The summed E-state index contributed by atoms with van der Waals surface area (Å²) in [7, 11) is 0. The van der Waals surface area contributed by atoms with E-state index in [1.54, 1.807) is 0 Å². The van der Waals surface area contributed by atoms with Gasteiger partial charge in [-0.3, -0.25) is 5.11 Å². The summed E-state index contributed by atoms with van der Waals surface area (Å²) in [6.45, 7) is 2.54. The van der Waals surface area contributed by atoms with Crippen LogP contribution in [0.25, 0.3) is 0 Å². The van der Waals surface area contributed by atoms with Crippen LogP contribution in [0.15, 0.2) is 12.3 Å². The van der Waals surface area contributed by atoms with Gasteiger partial charge in [-0.15, -0.1) is 0 Å². The van der Waals surface area contributed by atoms with Gasteiger partial charge in [-0.05, 0) is 6.92 Å². The van der Waals surface area contributed by atoms with E-state index >= 15 is 0 Å². The van der Waals surface area contributed by atoms with E-state index in [4.69, 9.17) is 0 Å². The molecule has 0 aliphatic carbocycles. The fourth-order valence-electron chi connectivity index (χ4n) is 0.558. The van der Waals surface area contributed by atoms with E-state index in [1.807, 2.05) is 6.92 Å². The quantitative estimate of drug-likeness (QED) is 0.533. The SMILES string of the molecule is CCn1nccc1[O]. The standard InChI is InChI=1S/C5H7N2O/c1-2-7-5(8)3-4-6-7/h3-4H,2H2,1H3. The van der Waals surface area contributed by atoms with Crippen LogP contribution >= 0.6 is 0 Å². The zero-order valence-corrected chi connectivity index (χ0v) is 4.66. The van der Waals surface area contributed by atoms with Crippen LogP contribution in [0.3, 0.4) is 0 Å². The molecule has 1 radical (unpaired) electrons. The van der Waals surface area contributed by atoms with Gasteiger partial charge < -0.3 is 0 Å². The van der Waals surface area contributed by atoms with E-state index in [2.05, 4.69) is 5.10 Å². The second-order valence-electron chi connectivity index (χ2n) is 1.49. The van der Waals surface area contributed by atoms with Crippen molar-refractivity contribution in [3.05, 3.63) is 12.3 Å². The topological polar surface area (TPSA) is 37.7 Å². The number of nitrogens with zero attached hydrogens (tertiary/aromatic N) is 2. The third-order valence-corrected chi connectivity index (χ3v) is 0.977. The Morgan fingerprint density at radius 3 is 2.88 bits per heavy atom. The summed E-state index contributed by atoms with van der Waals surface area (Å²) in [5.74, 6) is -0.0208. The van der Waals surface area contributed by atoms with E-state index in [1.165, 1.54) is 16.9 Å². The molecular weight excluding hydrogens is 104 g/mol. The highest BCUT2D eigenvalue weighted by molar-refractivity contribution is 5.03. The van der Waals surface area contributed by atoms with Gasteiger partial charge >= 0.3 is 0 Å². The molecule has 0 bridgehead atoms. The first kappa shape index (κ1) is 5.15. The first-order valence-electron chi connectivity index (χ1n) is 2.53. The van der Waals surface area contributed by atoms with E-state index in [0.29, 0.717) is 6.54 Å². The van der Waals surface area contributed by atoms with Crippen molar-refractivity contribution in [1.29, 1.82) is 0 Å². The first-order valence-corrected chi connectivity index (χ1v) is 2.53. The zero-order valence-electron chi connectivity index (χ0n) is 4.66. The molecule has 0 N–H and O–H groups in total. The van der Waals surface area contributed by atoms with Crippen LogP contribution in [0.5, 0.6) is 5.88 Å². The van der Waals surface area contributed by atoms with Crippen LogP contribution in [0, 0.1) is 0 Å². The molecule has 3 nitrogen and oxygen atoms in total. The zero-order chi connectivity index (χ0) is 5.98. The molecule has 0 aromatic carbocycles. The molecule has 0 amide bonds. The Hall–Kier alpha value is -0.990. The fourth-order valence-corrected chi connectivity index (χ4v) is 0.558. The van der Waals surface area contributed by atoms with Crippen molar-refractivity contribution < 1.29 is 5.11 Å². The number of aryl methyl sites for hydroxylation is 1. The molecule has 3 heteroatoms. The molecule has 0 spiro atoms. The predicted octanol–water partition coefficient (Wildman–Crippen LogP) is 1.05. The normalized spacial score (nSPS) is 9.62. The van der Waals surface area contributed by atoms with Crippen molar-refractivity contribution in [2.24, 2.45) is 0 Å². The summed E-state index contributed by atoms with van der Waals surface area (Å²) in [4.78, 5) is 0. The fraction of sp³-hybridized carbons (Fsp3) is 0.400. The largest absolute Gasteiger partial charge is 0.268 e. The second kappa shape index (κ2) is 1.86. The molecular formula is C5H7N2O. The van der Waals surface area contributed by atoms with Crippen LogP contribution in [0.4, 0.5) is 0 Å². The Labute approximate surface area is 47.6 Å². The lowest BCUT2D eigenvalue weighted by molar-refractivity contribution is 0.307. The van der Waals surface area contributed by atoms with Crippen molar-refractivity contribution in [2.45, 2.75) is 13.5 Å². The van der Waals surface area contributed by atoms with Crippen molar-refractivity contribution in [2.75, 3.05) is 0 Å². The van der Waals surface area contributed by atoms with E-state index in [9.17, 15) is 5.11 Å². The lowest BCUT2D eigenvalue weighted by Crippen LogP contribution is -1.93. The van der Waals surface area contributed by atoms with Gasteiger partial charge in [0.1, 0.15) is 0 Å². The van der Waals surface area contributed by atoms with Gasteiger partial charge in [-0.25, -0.2) is 4.68 Å². The Morgan fingerprint density at radius 2 is 2.62 bits per heavy atom. The van der Waals surface area contributed by atoms with Gasteiger partial charge in [0.25, 0.3) is 5.88 Å². The van der Waals surface area contributed by atoms with E-state index in [-0.39, 0.29) is 5.88 Å². The maximum absolute atomic E-state index is 10.6. The molecule has 1 aromatic rings. The van der Waals surface area contributed by atoms with Crippen molar-refractivity contribution in [3.8, 4) is 5.88 Å². The van der Waals surface area contributed by atoms with Gasteiger partial charge in [-0.2, -0.15) is 5.10 Å². The van der Waals surface area contributed by atoms with Crippen LogP contribution in [0.1, 0.15) is 6.92 Å². The number of hydrogen-bond donors (Lipinski definition) is 0. The molecule has 43 valence electrons. The lowest BCUT2D eigenvalue weighted by atomic mass is 10.7. The maximum Gasteiger partial charge on any atom is 0.268 e. The van der Waals surface area contributed by atoms with E-state index in [0.717, 1.165) is 0 Å². The predicted molar refractivity (Wildman–Crippen MR) is 28.0 cm³/mol. The third-order valence-electron chi connectivity index (χ3n) is 0.977. The van der Waals surface area contributed by atoms with Crippen LogP contribution in [-0.2, 0) is 11.7 Å². The minimum atomic E-state index is -0.0208. The molecule has 1 aromatic heterocycles. The molecule has 0 aliphatic heterocycles. The number of rotatable bonds is 1. The van der Waals surface area contributed by atoms with Crippen molar-refractivity contribution in [1.82, 2.24) is 9.78 Å².